The number of fused-ring (bicyclic) bond motifs is 1. The number of aromatic nitrogens is 3. The lowest BCUT2D eigenvalue weighted by molar-refractivity contribution is -0.179. The number of nitrogens with zero attached hydrogens (tertiary/aromatic N) is 5. The van der Waals surface area contributed by atoms with Gasteiger partial charge in [-0.1, -0.05) is 23.7 Å². The van der Waals surface area contributed by atoms with Gasteiger partial charge in [0, 0.05) is 48.5 Å². The lowest BCUT2D eigenvalue weighted by atomic mass is 9.91. The summed E-state index contributed by atoms with van der Waals surface area (Å²) < 4.78 is 46.5. The first-order valence-corrected chi connectivity index (χ1v) is 15.3. The maximum absolute atomic E-state index is 13.2. The van der Waals surface area contributed by atoms with Gasteiger partial charge in [-0.05, 0) is 70.0 Å². The number of carboxylic acids is 1. The van der Waals surface area contributed by atoms with Crippen molar-refractivity contribution in [3.8, 4) is 21.8 Å². The Morgan fingerprint density at radius 1 is 1.07 bits per heavy atom. The number of hydrogen-bond donors (Lipinski definition) is 1. The molecule has 1 aliphatic rings. The van der Waals surface area contributed by atoms with Gasteiger partial charge in [-0.25, -0.2) is 19.7 Å². The van der Waals surface area contributed by atoms with Gasteiger partial charge in [0.2, 0.25) is 5.95 Å². The third-order valence-corrected chi connectivity index (χ3v) is 8.86. The normalized spacial score (nSPS) is 16.3. The van der Waals surface area contributed by atoms with Gasteiger partial charge in [-0.3, -0.25) is 4.90 Å². The highest BCUT2D eigenvalue weighted by atomic mass is 35.5. The fourth-order valence-electron chi connectivity index (χ4n) is 5.28. The number of alkyl halides is 3. The van der Waals surface area contributed by atoms with Crippen molar-refractivity contribution in [2.24, 2.45) is 0 Å². The van der Waals surface area contributed by atoms with Crippen LogP contribution in [-0.2, 0) is 9.53 Å². The Hall–Kier alpha value is -3.32. The number of hydrogen-bond acceptors (Lipinski definition) is 8. The topological polar surface area (TPSA) is 91.7 Å². The largest absolute Gasteiger partial charge is 0.479 e. The van der Waals surface area contributed by atoms with Gasteiger partial charge in [0.1, 0.15) is 16.7 Å². The van der Waals surface area contributed by atoms with Crippen LogP contribution in [0.2, 0.25) is 5.02 Å². The number of piperazine rings is 1. The molecule has 1 fully saturated rings. The van der Waals surface area contributed by atoms with Gasteiger partial charge in [-0.2, -0.15) is 13.2 Å². The van der Waals surface area contributed by atoms with Crippen LogP contribution in [0.1, 0.15) is 44.9 Å². The molecule has 2 atom stereocenters. The van der Waals surface area contributed by atoms with Crippen LogP contribution in [0.5, 0.6) is 0 Å². The van der Waals surface area contributed by atoms with Crippen LogP contribution >= 0.6 is 22.9 Å². The Morgan fingerprint density at radius 2 is 1.73 bits per heavy atom. The van der Waals surface area contributed by atoms with Crippen molar-refractivity contribution in [1.29, 1.82) is 0 Å². The summed E-state index contributed by atoms with van der Waals surface area (Å²) in [5, 5.41) is 11.4. The molecule has 4 aromatic rings. The molecule has 2 unspecified atom stereocenters. The molecule has 0 radical (unpaired) electrons. The second-order valence-electron chi connectivity index (χ2n) is 11.8. The number of aliphatic carboxylic acids is 1. The summed E-state index contributed by atoms with van der Waals surface area (Å²) in [4.78, 5) is 29.9. The van der Waals surface area contributed by atoms with Crippen LogP contribution in [0.3, 0.4) is 0 Å². The van der Waals surface area contributed by atoms with E-state index in [0.29, 0.717) is 57.0 Å². The van der Waals surface area contributed by atoms with Crippen molar-refractivity contribution in [2.45, 2.75) is 58.5 Å². The molecule has 1 saturated heterocycles. The summed E-state index contributed by atoms with van der Waals surface area (Å²) in [6.07, 6.45) is -3.90. The summed E-state index contributed by atoms with van der Waals surface area (Å²) in [5.41, 5.74) is 3.22. The van der Waals surface area contributed by atoms with Crippen molar-refractivity contribution >= 4 is 45.1 Å². The second-order valence-corrected chi connectivity index (χ2v) is 13.2. The molecule has 8 nitrogen and oxygen atoms in total. The predicted molar refractivity (Wildman–Crippen MR) is 166 cm³/mol. The Balaban J connectivity index is 1.56. The fraction of sp³-hybridized carbons (Fsp3) is 0.419. The first kappa shape index (κ1) is 32.1. The highest BCUT2D eigenvalue weighted by molar-refractivity contribution is 7.22. The molecule has 13 heteroatoms. The number of aryl methyl sites for hydroxylation is 1. The number of halogens is 4. The van der Waals surface area contributed by atoms with Gasteiger partial charge in [0.15, 0.2) is 6.10 Å². The maximum atomic E-state index is 13.2. The van der Waals surface area contributed by atoms with E-state index in [4.69, 9.17) is 26.3 Å². The van der Waals surface area contributed by atoms with Crippen molar-refractivity contribution in [1.82, 2.24) is 19.9 Å². The standard InChI is InChI=1S/C31H33ClF3N5O3S/c1-17-16-22-26(24(19-6-8-20(32)9-7-19)23(17)25(28(41)42)43-30(3,4)5)44-27(37-22)21-10-11-36-29(38-21)40-14-12-39(13-15-40)18(2)31(33,34)35/h6-11,16,18,25H,12-15H2,1-5H3,(H,41,42). The zero-order chi connectivity index (χ0) is 32.0. The molecule has 0 amide bonds. The molecule has 1 aliphatic heterocycles. The maximum Gasteiger partial charge on any atom is 0.403 e. The van der Waals surface area contributed by atoms with Crippen molar-refractivity contribution in [3.63, 3.8) is 0 Å². The average Bonchev–Trinajstić information content (AvgIpc) is 3.38. The fourth-order valence-corrected chi connectivity index (χ4v) is 6.50. The number of thiazole rings is 1. The average molecular weight is 648 g/mol. The van der Waals surface area contributed by atoms with Crippen LogP contribution in [0.25, 0.3) is 32.0 Å². The molecule has 2 aromatic heterocycles. The van der Waals surface area contributed by atoms with Crippen LogP contribution in [-0.4, -0.2) is 74.9 Å². The Kier molecular flexibility index (Phi) is 8.92. The Labute approximate surface area is 262 Å². The van der Waals surface area contributed by atoms with Gasteiger partial charge < -0.3 is 14.7 Å². The summed E-state index contributed by atoms with van der Waals surface area (Å²) in [7, 11) is 0. The molecule has 44 heavy (non-hydrogen) atoms. The minimum atomic E-state index is -4.28. The highest BCUT2D eigenvalue weighted by Gasteiger charge is 2.41. The predicted octanol–water partition coefficient (Wildman–Crippen LogP) is 7.40. The first-order valence-electron chi connectivity index (χ1n) is 14.1. The Morgan fingerprint density at radius 3 is 2.32 bits per heavy atom. The summed E-state index contributed by atoms with van der Waals surface area (Å²) in [5.74, 6) is -0.687. The SMILES string of the molecule is Cc1cc2nc(-c3ccnc(N4CCN(C(C)C(F)(F)F)CC4)n3)sc2c(-c2ccc(Cl)cc2)c1C(OC(C)(C)C)C(=O)O. The monoisotopic (exact) mass is 647 g/mol. The number of anilines is 1. The molecular formula is C31H33ClF3N5O3S. The Bertz CT molecular complexity index is 1670. The van der Waals surface area contributed by atoms with E-state index in [1.54, 1.807) is 24.4 Å². The minimum absolute atomic E-state index is 0.239. The number of rotatable bonds is 7. The molecule has 0 spiro atoms. The molecule has 5 rings (SSSR count). The van der Waals surface area contributed by atoms with E-state index in [0.717, 1.165) is 10.3 Å². The van der Waals surface area contributed by atoms with Crippen LogP contribution in [0, 0.1) is 6.92 Å². The molecule has 0 bridgehead atoms. The third-order valence-electron chi connectivity index (χ3n) is 7.50. The second kappa shape index (κ2) is 12.2. The van der Waals surface area contributed by atoms with Gasteiger partial charge >= 0.3 is 12.1 Å². The molecular weight excluding hydrogens is 615 g/mol. The van der Waals surface area contributed by atoms with E-state index in [1.165, 1.54) is 23.2 Å². The summed E-state index contributed by atoms with van der Waals surface area (Å²) in [6.45, 7) is 9.66. The molecule has 0 aliphatic carbocycles. The van der Waals surface area contributed by atoms with Gasteiger partial charge in [0.05, 0.1) is 15.8 Å². The number of carboxylic acid groups (broad SMARTS) is 1. The quantitative estimate of drug-likeness (QED) is 0.222. The molecule has 234 valence electrons. The minimum Gasteiger partial charge on any atom is -0.479 e. The van der Waals surface area contributed by atoms with E-state index in [1.807, 2.05) is 50.8 Å². The lowest BCUT2D eigenvalue weighted by Gasteiger charge is -2.38. The van der Waals surface area contributed by atoms with E-state index in [9.17, 15) is 23.1 Å². The van der Waals surface area contributed by atoms with E-state index >= 15 is 0 Å². The van der Waals surface area contributed by atoms with Crippen LogP contribution < -0.4 is 4.90 Å². The summed E-state index contributed by atoms with van der Waals surface area (Å²) in [6, 6.07) is 9.27. The van der Waals surface area contributed by atoms with Gasteiger partial charge in [-0.15, -0.1) is 11.3 Å². The van der Waals surface area contributed by atoms with Crippen molar-refractivity contribution in [3.05, 3.63) is 58.7 Å². The zero-order valence-electron chi connectivity index (χ0n) is 24.9. The number of ether oxygens (including phenoxy) is 1. The number of benzene rings is 2. The highest BCUT2D eigenvalue weighted by Crippen LogP contribution is 2.44. The lowest BCUT2D eigenvalue weighted by Crippen LogP contribution is -2.54. The molecule has 2 aromatic carbocycles. The third kappa shape index (κ3) is 6.83. The smallest absolute Gasteiger partial charge is 0.403 e. The van der Waals surface area contributed by atoms with Crippen LogP contribution in [0.15, 0.2) is 42.6 Å². The first-order chi connectivity index (χ1) is 20.6. The van der Waals surface area contributed by atoms with Crippen molar-refractivity contribution in [2.75, 3.05) is 31.1 Å². The van der Waals surface area contributed by atoms with E-state index in [2.05, 4.69) is 4.98 Å². The molecule has 1 N–H and O–H groups in total. The van der Waals surface area contributed by atoms with Crippen molar-refractivity contribution < 1.29 is 27.8 Å². The van der Waals surface area contributed by atoms with Gasteiger partial charge in [0.25, 0.3) is 0 Å². The van der Waals surface area contributed by atoms with E-state index in [-0.39, 0.29) is 13.1 Å². The summed E-state index contributed by atoms with van der Waals surface area (Å²) >= 11 is 7.57. The zero-order valence-corrected chi connectivity index (χ0v) is 26.5. The molecule has 3 heterocycles. The van der Waals surface area contributed by atoms with E-state index < -0.39 is 29.9 Å². The van der Waals surface area contributed by atoms with Crippen LogP contribution in [0.4, 0.5) is 19.1 Å². The molecule has 0 saturated carbocycles. The number of carbonyl (C=O) groups is 1.